The Morgan fingerprint density at radius 1 is 1.45 bits per heavy atom. The highest BCUT2D eigenvalue weighted by atomic mass is 127. The van der Waals surface area contributed by atoms with Crippen molar-refractivity contribution in [1.82, 2.24) is 0 Å². The third-order valence-electron chi connectivity index (χ3n) is 1.53. The molecule has 0 aliphatic carbocycles. The van der Waals surface area contributed by atoms with Gasteiger partial charge in [-0.2, -0.15) is 0 Å². The van der Waals surface area contributed by atoms with Gasteiger partial charge in [-0.1, -0.05) is 6.04 Å². The third kappa shape index (κ3) is 2.55. The summed E-state index contributed by atoms with van der Waals surface area (Å²) in [7, 11) is 1.19. The van der Waals surface area contributed by atoms with Gasteiger partial charge in [0.15, 0.2) is 0 Å². The summed E-state index contributed by atoms with van der Waals surface area (Å²) in [5, 5.41) is 0. The summed E-state index contributed by atoms with van der Waals surface area (Å²) in [6.07, 6.45) is 1.03. The van der Waals surface area contributed by atoms with Crippen LogP contribution in [0.4, 0.5) is 4.39 Å². The first-order chi connectivity index (χ1) is 5.24. The van der Waals surface area contributed by atoms with Gasteiger partial charge in [0.05, 0.1) is 0 Å². The molecule has 0 saturated heterocycles. The van der Waals surface area contributed by atoms with Crippen molar-refractivity contribution in [3.8, 4) is 0 Å². The Balaban J connectivity index is 2.93. The van der Waals surface area contributed by atoms with E-state index in [2.05, 4.69) is 22.6 Å². The fraction of sp³-hybridized carbons (Fsp3) is 0.250. The number of halogens is 2. The van der Waals surface area contributed by atoms with Crippen molar-refractivity contribution in [3.05, 3.63) is 33.1 Å². The van der Waals surface area contributed by atoms with E-state index in [1.165, 1.54) is 25.9 Å². The van der Waals surface area contributed by atoms with Crippen molar-refractivity contribution in [2.75, 3.05) is 0 Å². The first kappa shape index (κ1) is 9.19. The summed E-state index contributed by atoms with van der Waals surface area (Å²) in [5.74, 6) is -0.115. The second-order valence-electron chi connectivity index (χ2n) is 2.49. The highest BCUT2D eigenvalue weighted by Crippen LogP contribution is 2.14. The largest absolute Gasteiger partial charge is 0.207 e. The molecule has 0 bridgehead atoms. The highest BCUT2D eigenvalue weighted by molar-refractivity contribution is 14.1. The summed E-state index contributed by atoms with van der Waals surface area (Å²) in [5.41, 5.74) is 1.15. The molecule has 0 aromatic heterocycles. The van der Waals surface area contributed by atoms with E-state index in [1.807, 2.05) is 6.07 Å². The molecule has 0 aliphatic heterocycles. The van der Waals surface area contributed by atoms with E-state index in [-0.39, 0.29) is 5.82 Å². The molecular formula is C8H10FISi. The summed E-state index contributed by atoms with van der Waals surface area (Å²) >= 11 is 2.25. The van der Waals surface area contributed by atoms with E-state index in [0.29, 0.717) is 0 Å². The molecule has 1 aromatic rings. The van der Waals surface area contributed by atoms with Crippen molar-refractivity contribution in [2.45, 2.75) is 12.5 Å². The topological polar surface area (TPSA) is 0 Å². The van der Waals surface area contributed by atoms with Crippen molar-refractivity contribution in [2.24, 2.45) is 0 Å². The minimum atomic E-state index is -0.115. The van der Waals surface area contributed by atoms with E-state index in [1.54, 1.807) is 6.07 Å². The monoisotopic (exact) mass is 280 g/mol. The number of benzene rings is 1. The van der Waals surface area contributed by atoms with Crippen molar-refractivity contribution in [1.29, 1.82) is 0 Å². The number of hydrogen-bond acceptors (Lipinski definition) is 0. The quantitative estimate of drug-likeness (QED) is 0.572. The molecule has 0 atom stereocenters. The molecule has 0 fully saturated rings. The van der Waals surface area contributed by atoms with Crippen LogP contribution in [0.1, 0.15) is 5.56 Å². The molecule has 0 heterocycles. The molecule has 0 aliphatic rings. The van der Waals surface area contributed by atoms with Crippen molar-refractivity contribution in [3.63, 3.8) is 0 Å². The predicted molar refractivity (Wildman–Crippen MR) is 57.6 cm³/mol. The Hall–Kier alpha value is 0.0969. The molecule has 0 unspecified atom stereocenters. The van der Waals surface area contributed by atoms with Gasteiger partial charge < -0.3 is 0 Å². The maximum absolute atomic E-state index is 12.7. The van der Waals surface area contributed by atoms with Crippen molar-refractivity contribution >= 4 is 32.8 Å². The van der Waals surface area contributed by atoms with Crippen LogP contribution in [-0.2, 0) is 6.42 Å². The van der Waals surface area contributed by atoms with Crippen LogP contribution in [0.25, 0.3) is 0 Å². The van der Waals surface area contributed by atoms with Gasteiger partial charge in [-0.25, -0.2) is 4.39 Å². The molecule has 0 amide bonds. The number of rotatable bonds is 2. The Kier molecular flexibility index (Phi) is 3.51. The summed E-state index contributed by atoms with van der Waals surface area (Å²) < 4.78 is 13.9. The van der Waals surface area contributed by atoms with Gasteiger partial charge in [-0.15, -0.1) is 0 Å². The lowest BCUT2D eigenvalue weighted by Gasteiger charge is -2.01. The first-order valence-corrected chi connectivity index (χ1v) is 6.17. The average molecular weight is 280 g/mol. The van der Waals surface area contributed by atoms with E-state index in [0.717, 1.165) is 12.0 Å². The zero-order valence-corrected chi connectivity index (χ0v) is 10.6. The minimum Gasteiger partial charge on any atom is -0.207 e. The SMILES string of the molecule is Fc1ccc(I)c(CC[SiH3])c1. The molecule has 0 spiro atoms. The normalized spacial score (nSPS) is 10.4. The van der Waals surface area contributed by atoms with Gasteiger partial charge in [0, 0.05) is 13.8 Å². The Labute approximate surface area is 82.8 Å². The molecular weight excluding hydrogens is 270 g/mol. The molecule has 0 radical (unpaired) electrons. The van der Waals surface area contributed by atoms with Gasteiger partial charge in [0.25, 0.3) is 0 Å². The van der Waals surface area contributed by atoms with Crippen LogP contribution in [0.2, 0.25) is 6.04 Å². The van der Waals surface area contributed by atoms with Crippen molar-refractivity contribution < 1.29 is 4.39 Å². The minimum absolute atomic E-state index is 0.115. The highest BCUT2D eigenvalue weighted by Gasteiger charge is 1.99. The molecule has 0 nitrogen and oxygen atoms in total. The Bertz CT molecular complexity index is 250. The Morgan fingerprint density at radius 2 is 2.18 bits per heavy atom. The van der Waals surface area contributed by atoms with E-state index < -0.39 is 0 Å². The van der Waals surface area contributed by atoms with Crippen LogP contribution < -0.4 is 0 Å². The summed E-state index contributed by atoms with van der Waals surface area (Å²) in [4.78, 5) is 0. The van der Waals surface area contributed by atoms with Gasteiger partial charge in [-0.3, -0.25) is 0 Å². The molecule has 3 heteroatoms. The zero-order valence-electron chi connectivity index (χ0n) is 6.40. The van der Waals surface area contributed by atoms with Gasteiger partial charge >= 0.3 is 0 Å². The third-order valence-corrected chi connectivity index (χ3v) is 3.08. The second kappa shape index (κ2) is 4.20. The van der Waals surface area contributed by atoms with Crippen LogP contribution in [0.5, 0.6) is 0 Å². The van der Waals surface area contributed by atoms with Crippen LogP contribution in [0.3, 0.4) is 0 Å². The molecule has 1 rings (SSSR count). The Morgan fingerprint density at radius 3 is 2.82 bits per heavy atom. The maximum atomic E-state index is 12.7. The van der Waals surface area contributed by atoms with Crippen LogP contribution in [0, 0.1) is 9.39 Å². The van der Waals surface area contributed by atoms with Gasteiger partial charge in [-0.05, 0) is 52.8 Å². The van der Waals surface area contributed by atoms with Crippen LogP contribution in [0.15, 0.2) is 18.2 Å². The summed E-state index contributed by atoms with van der Waals surface area (Å²) in [6.45, 7) is 0. The number of hydrogen-bond donors (Lipinski definition) is 0. The van der Waals surface area contributed by atoms with Gasteiger partial charge in [0.2, 0.25) is 0 Å². The van der Waals surface area contributed by atoms with E-state index in [9.17, 15) is 4.39 Å². The fourth-order valence-electron chi connectivity index (χ4n) is 1.00. The van der Waals surface area contributed by atoms with Crippen LogP contribution in [-0.4, -0.2) is 10.2 Å². The number of aryl methyl sites for hydroxylation is 1. The van der Waals surface area contributed by atoms with Crippen LogP contribution >= 0.6 is 22.6 Å². The van der Waals surface area contributed by atoms with E-state index >= 15 is 0 Å². The lowest BCUT2D eigenvalue weighted by Crippen LogP contribution is -1.89. The molecule has 11 heavy (non-hydrogen) atoms. The predicted octanol–water partition coefficient (Wildman–Crippen LogP) is 1.76. The lowest BCUT2D eigenvalue weighted by atomic mass is 10.2. The average Bonchev–Trinajstić information content (AvgIpc) is 1.98. The second-order valence-corrected chi connectivity index (χ2v) is 4.65. The standard InChI is InChI=1S/C8H10FISi/c9-7-1-2-8(10)6(5-7)3-4-11/h1-2,5H,3-4H2,11H3. The first-order valence-electron chi connectivity index (χ1n) is 3.68. The van der Waals surface area contributed by atoms with E-state index in [4.69, 9.17) is 0 Å². The maximum Gasteiger partial charge on any atom is 0.123 e. The molecule has 60 valence electrons. The van der Waals surface area contributed by atoms with Gasteiger partial charge in [0.1, 0.15) is 5.82 Å². The fourth-order valence-corrected chi connectivity index (χ4v) is 2.15. The summed E-state index contributed by atoms with van der Waals surface area (Å²) in [6, 6.07) is 6.19. The zero-order chi connectivity index (χ0) is 8.27. The lowest BCUT2D eigenvalue weighted by molar-refractivity contribution is 0.625. The molecule has 0 saturated carbocycles. The molecule has 1 aromatic carbocycles. The smallest absolute Gasteiger partial charge is 0.123 e. The molecule has 0 N–H and O–H groups in total.